The Morgan fingerprint density at radius 2 is 1.54 bits per heavy atom. The summed E-state index contributed by atoms with van der Waals surface area (Å²) in [6, 6.07) is 16.4. The van der Waals surface area contributed by atoms with Crippen molar-refractivity contribution in [2.24, 2.45) is 0 Å². The van der Waals surface area contributed by atoms with Crippen LogP contribution < -0.4 is 5.32 Å². The van der Waals surface area contributed by atoms with Crippen molar-refractivity contribution in [2.45, 2.75) is 46.6 Å². The zero-order valence-electron chi connectivity index (χ0n) is 15.0. The van der Waals surface area contributed by atoms with E-state index in [1.54, 1.807) is 0 Å². The predicted molar refractivity (Wildman–Crippen MR) is 101 cm³/mol. The topological polar surface area (TPSA) is 32.3 Å². The number of hydrogen-bond acceptors (Lipinski definition) is 1. The molecule has 0 fully saturated rings. The van der Waals surface area contributed by atoms with Crippen LogP contribution in [-0.2, 0) is 19.4 Å². The minimum Gasteiger partial charge on any atom is -0.320 e. The van der Waals surface area contributed by atoms with E-state index in [9.17, 15) is 4.79 Å². The number of carbonyl (C=O) groups excluding carboxylic acids is 1. The summed E-state index contributed by atoms with van der Waals surface area (Å²) in [5, 5.41) is 3.17. The minimum absolute atomic E-state index is 0.0173. The van der Waals surface area contributed by atoms with E-state index in [2.05, 4.69) is 56.4 Å². The SMILES string of the molecule is CCCN(Cc1ccccc1)C(=O)Nc1c(CC)cccc1CC. The number of benzene rings is 2. The molecule has 0 aliphatic carbocycles. The molecule has 0 saturated carbocycles. The molecule has 0 aromatic heterocycles. The van der Waals surface area contributed by atoms with Gasteiger partial charge < -0.3 is 10.2 Å². The maximum absolute atomic E-state index is 12.9. The van der Waals surface area contributed by atoms with Crippen LogP contribution in [0.1, 0.15) is 43.9 Å². The highest BCUT2D eigenvalue weighted by Crippen LogP contribution is 2.23. The fourth-order valence-electron chi connectivity index (χ4n) is 2.92. The monoisotopic (exact) mass is 324 g/mol. The third-order valence-corrected chi connectivity index (χ3v) is 4.23. The number of aryl methyl sites for hydroxylation is 2. The molecule has 3 heteroatoms. The predicted octanol–water partition coefficient (Wildman–Crippen LogP) is 5.26. The highest BCUT2D eigenvalue weighted by molar-refractivity contribution is 5.91. The first-order valence-electron chi connectivity index (χ1n) is 8.90. The van der Waals surface area contributed by atoms with Gasteiger partial charge in [-0.1, -0.05) is 69.3 Å². The Bertz CT molecular complexity index is 630. The number of para-hydroxylation sites is 1. The smallest absolute Gasteiger partial charge is 0.320 e. The van der Waals surface area contributed by atoms with Gasteiger partial charge in [-0.25, -0.2) is 4.79 Å². The summed E-state index contributed by atoms with van der Waals surface area (Å²) in [6.45, 7) is 7.73. The molecule has 2 rings (SSSR count). The largest absolute Gasteiger partial charge is 0.322 e. The van der Waals surface area contributed by atoms with Crippen molar-refractivity contribution in [3.63, 3.8) is 0 Å². The van der Waals surface area contributed by atoms with E-state index in [0.29, 0.717) is 6.54 Å². The molecule has 24 heavy (non-hydrogen) atoms. The Morgan fingerprint density at radius 1 is 0.917 bits per heavy atom. The lowest BCUT2D eigenvalue weighted by Gasteiger charge is -2.24. The molecule has 2 amide bonds. The summed E-state index contributed by atoms with van der Waals surface area (Å²) in [7, 11) is 0. The summed E-state index contributed by atoms with van der Waals surface area (Å²) in [4.78, 5) is 14.7. The van der Waals surface area contributed by atoms with Gasteiger partial charge in [0.15, 0.2) is 0 Å². The molecule has 1 N–H and O–H groups in total. The molecule has 128 valence electrons. The fraction of sp³-hybridized carbons (Fsp3) is 0.381. The molecule has 0 atom stereocenters. The molecule has 0 aliphatic rings. The Morgan fingerprint density at radius 3 is 2.08 bits per heavy atom. The molecule has 0 bridgehead atoms. The van der Waals surface area contributed by atoms with Crippen molar-refractivity contribution in [1.82, 2.24) is 4.90 Å². The molecular weight excluding hydrogens is 296 g/mol. The average molecular weight is 324 g/mol. The second kappa shape index (κ2) is 9.11. The molecular formula is C21H28N2O. The van der Waals surface area contributed by atoms with Gasteiger partial charge >= 0.3 is 6.03 Å². The lowest BCUT2D eigenvalue weighted by molar-refractivity contribution is 0.209. The number of amides is 2. The van der Waals surface area contributed by atoms with Gasteiger partial charge in [0.05, 0.1) is 0 Å². The van der Waals surface area contributed by atoms with Gasteiger partial charge in [-0.15, -0.1) is 0 Å². The number of carbonyl (C=O) groups is 1. The highest BCUT2D eigenvalue weighted by atomic mass is 16.2. The second-order valence-corrected chi connectivity index (χ2v) is 6.00. The van der Waals surface area contributed by atoms with E-state index in [4.69, 9.17) is 0 Å². The fourth-order valence-corrected chi connectivity index (χ4v) is 2.92. The van der Waals surface area contributed by atoms with Crippen LogP contribution in [0.15, 0.2) is 48.5 Å². The Labute approximate surface area is 145 Å². The van der Waals surface area contributed by atoms with E-state index in [-0.39, 0.29) is 6.03 Å². The van der Waals surface area contributed by atoms with Crippen LogP contribution in [-0.4, -0.2) is 17.5 Å². The second-order valence-electron chi connectivity index (χ2n) is 6.00. The molecule has 0 aliphatic heterocycles. The summed E-state index contributed by atoms with van der Waals surface area (Å²) in [5.74, 6) is 0. The lowest BCUT2D eigenvalue weighted by Crippen LogP contribution is -2.35. The first-order valence-corrected chi connectivity index (χ1v) is 8.90. The molecule has 0 saturated heterocycles. The highest BCUT2D eigenvalue weighted by Gasteiger charge is 2.16. The minimum atomic E-state index is -0.0173. The van der Waals surface area contributed by atoms with Gasteiger partial charge in [0.1, 0.15) is 0 Å². The molecule has 0 unspecified atom stereocenters. The maximum Gasteiger partial charge on any atom is 0.322 e. The molecule has 0 heterocycles. The zero-order chi connectivity index (χ0) is 17.4. The van der Waals surface area contributed by atoms with Crippen LogP contribution >= 0.6 is 0 Å². The van der Waals surface area contributed by atoms with Crippen LogP contribution in [0.2, 0.25) is 0 Å². The Kier molecular flexibility index (Phi) is 6.86. The third kappa shape index (κ3) is 4.60. The van der Waals surface area contributed by atoms with E-state index in [0.717, 1.165) is 37.1 Å². The summed E-state index contributed by atoms with van der Waals surface area (Å²) in [6.07, 6.45) is 2.77. The van der Waals surface area contributed by atoms with Crippen molar-refractivity contribution >= 4 is 11.7 Å². The number of hydrogen-bond donors (Lipinski definition) is 1. The lowest BCUT2D eigenvalue weighted by atomic mass is 10.0. The van der Waals surface area contributed by atoms with Crippen molar-refractivity contribution in [2.75, 3.05) is 11.9 Å². The average Bonchev–Trinajstić information content (AvgIpc) is 2.62. The number of anilines is 1. The number of urea groups is 1. The van der Waals surface area contributed by atoms with Crippen molar-refractivity contribution < 1.29 is 4.79 Å². The number of rotatable bonds is 7. The zero-order valence-corrected chi connectivity index (χ0v) is 15.0. The summed E-state index contributed by atoms with van der Waals surface area (Å²) < 4.78 is 0. The Hall–Kier alpha value is -2.29. The van der Waals surface area contributed by atoms with Crippen LogP contribution in [0.5, 0.6) is 0 Å². The van der Waals surface area contributed by atoms with Gasteiger partial charge in [0, 0.05) is 18.8 Å². The van der Waals surface area contributed by atoms with Crippen LogP contribution in [0.3, 0.4) is 0 Å². The molecule has 3 nitrogen and oxygen atoms in total. The number of nitrogens with one attached hydrogen (secondary N) is 1. The van der Waals surface area contributed by atoms with Gasteiger partial charge in [-0.2, -0.15) is 0 Å². The summed E-state index contributed by atoms with van der Waals surface area (Å²) >= 11 is 0. The molecule has 2 aromatic carbocycles. The van der Waals surface area contributed by atoms with E-state index < -0.39 is 0 Å². The van der Waals surface area contributed by atoms with Crippen LogP contribution in [0.25, 0.3) is 0 Å². The third-order valence-electron chi connectivity index (χ3n) is 4.23. The van der Waals surface area contributed by atoms with Crippen molar-refractivity contribution in [1.29, 1.82) is 0 Å². The van der Waals surface area contributed by atoms with Crippen LogP contribution in [0, 0.1) is 0 Å². The van der Waals surface area contributed by atoms with Gasteiger partial charge in [0.25, 0.3) is 0 Å². The van der Waals surface area contributed by atoms with Crippen molar-refractivity contribution in [3.05, 3.63) is 65.2 Å². The number of nitrogens with zero attached hydrogens (tertiary/aromatic N) is 1. The first kappa shape index (κ1) is 18.1. The van der Waals surface area contributed by atoms with Gasteiger partial charge in [-0.05, 0) is 36.0 Å². The normalized spacial score (nSPS) is 10.5. The Balaban J connectivity index is 2.19. The summed E-state index contributed by atoms with van der Waals surface area (Å²) in [5.41, 5.74) is 4.53. The van der Waals surface area contributed by atoms with Crippen molar-refractivity contribution in [3.8, 4) is 0 Å². The maximum atomic E-state index is 12.9. The van der Waals surface area contributed by atoms with E-state index in [1.165, 1.54) is 11.1 Å². The van der Waals surface area contributed by atoms with E-state index in [1.807, 2.05) is 23.1 Å². The van der Waals surface area contributed by atoms with Gasteiger partial charge in [-0.3, -0.25) is 0 Å². The molecule has 0 spiro atoms. The molecule has 2 aromatic rings. The quantitative estimate of drug-likeness (QED) is 0.740. The molecule has 0 radical (unpaired) electrons. The first-order chi connectivity index (χ1) is 11.7. The van der Waals surface area contributed by atoms with Crippen LogP contribution in [0.4, 0.5) is 10.5 Å². The standard InChI is InChI=1S/C21H28N2O/c1-4-15-23(16-17-11-8-7-9-12-17)21(24)22-20-18(5-2)13-10-14-19(20)6-3/h7-14H,4-6,15-16H2,1-3H3,(H,22,24). The van der Waals surface area contributed by atoms with Gasteiger partial charge in [0.2, 0.25) is 0 Å². The van der Waals surface area contributed by atoms with E-state index >= 15 is 0 Å².